The van der Waals surface area contributed by atoms with Crippen LogP contribution in [0.4, 0.5) is 17.2 Å². The third kappa shape index (κ3) is 5.92. The molecule has 1 heterocycles. The lowest BCUT2D eigenvalue weighted by Crippen LogP contribution is -2.33. The van der Waals surface area contributed by atoms with Crippen LogP contribution in [0.25, 0.3) is 0 Å². The number of carbonyl (C=O) groups excluding carboxylic acids is 2. The minimum Gasteiger partial charge on any atom is -0.376 e. The number of nitrogens with zero attached hydrogens (tertiary/aromatic N) is 2. The van der Waals surface area contributed by atoms with Crippen LogP contribution in [0.2, 0.25) is 0 Å². The van der Waals surface area contributed by atoms with Crippen molar-refractivity contribution in [3.05, 3.63) is 70.0 Å². The number of halogens is 1. The number of nitrogens with one attached hydrogen (secondary N) is 4. The maximum Gasteiger partial charge on any atom is 0.270 e. The van der Waals surface area contributed by atoms with Crippen LogP contribution >= 0.6 is 15.9 Å². The maximum atomic E-state index is 12.6. The summed E-state index contributed by atoms with van der Waals surface area (Å²) in [6.07, 6.45) is 7.20. The van der Waals surface area contributed by atoms with E-state index >= 15 is 0 Å². The molecule has 0 saturated carbocycles. The molecule has 1 aliphatic rings. The molecule has 2 aromatic rings. The zero-order chi connectivity index (χ0) is 24.0. The summed E-state index contributed by atoms with van der Waals surface area (Å²) in [5, 5.41) is 15.5. The number of hydrogen-bond acceptors (Lipinski definition) is 5. The Morgan fingerprint density at radius 2 is 2.00 bits per heavy atom. The minimum absolute atomic E-state index is 0.181. The Balaban J connectivity index is 1.61. The van der Waals surface area contributed by atoms with Crippen LogP contribution in [0.1, 0.15) is 36.7 Å². The van der Waals surface area contributed by atoms with E-state index in [2.05, 4.69) is 67.7 Å². The number of benzene rings is 1. The van der Waals surface area contributed by atoms with E-state index in [1.807, 2.05) is 43.3 Å². The molecular weight excluding hydrogens is 484 g/mol. The van der Waals surface area contributed by atoms with E-state index in [1.54, 1.807) is 0 Å². The van der Waals surface area contributed by atoms with E-state index in [4.69, 9.17) is 0 Å². The van der Waals surface area contributed by atoms with Gasteiger partial charge in [-0.3, -0.25) is 14.7 Å². The van der Waals surface area contributed by atoms with Crippen LogP contribution in [0.5, 0.6) is 0 Å². The molecule has 0 saturated heterocycles. The number of aromatic nitrogens is 2. The molecule has 2 amide bonds. The molecule has 0 spiro atoms. The Kier molecular flexibility index (Phi) is 8.11. The van der Waals surface area contributed by atoms with Crippen LogP contribution in [0.15, 0.2) is 64.3 Å². The van der Waals surface area contributed by atoms with Crippen LogP contribution in [0, 0.1) is 0 Å². The molecule has 0 fully saturated rings. The van der Waals surface area contributed by atoms with Gasteiger partial charge in [0.15, 0.2) is 5.82 Å². The Hall–Kier alpha value is -3.33. The molecular formula is C24H29BrN6O2. The molecule has 0 aliphatic heterocycles. The highest BCUT2D eigenvalue weighted by Crippen LogP contribution is 2.30. The molecule has 0 unspecified atom stereocenters. The molecule has 0 atom stereocenters. The molecule has 1 aromatic carbocycles. The van der Waals surface area contributed by atoms with Crippen molar-refractivity contribution >= 4 is 44.9 Å². The summed E-state index contributed by atoms with van der Waals surface area (Å²) in [5.74, 6) is -0.324. The van der Waals surface area contributed by atoms with E-state index in [-0.39, 0.29) is 18.1 Å². The molecule has 174 valence electrons. The highest BCUT2D eigenvalue weighted by Gasteiger charge is 2.20. The molecule has 9 heteroatoms. The van der Waals surface area contributed by atoms with Gasteiger partial charge in [0.25, 0.3) is 5.91 Å². The van der Waals surface area contributed by atoms with E-state index in [1.165, 1.54) is 5.57 Å². The first-order chi connectivity index (χ1) is 15.8. The van der Waals surface area contributed by atoms with Gasteiger partial charge in [0.2, 0.25) is 5.91 Å². The summed E-state index contributed by atoms with van der Waals surface area (Å²) in [4.78, 5) is 26.9. The summed E-state index contributed by atoms with van der Waals surface area (Å²) < 4.78 is 0.470. The summed E-state index contributed by atoms with van der Waals surface area (Å²) in [6.45, 7) is 6.08. The van der Waals surface area contributed by atoms with Crippen molar-refractivity contribution in [3.63, 3.8) is 0 Å². The first-order valence-electron chi connectivity index (χ1n) is 10.7. The smallest absolute Gasteiger partial charge is 0.270 e. The first-order valence-corrected chi connectivity index (χ1v) is 11.5. The number of H-pyrrole nitrogens is 1. The van der Waals surface area contributed by atoms with E-state index in [0.717, 1.165) is 36.2 Å². The van der Waals surface area contributed by atoms with Crippen molar-refractivity contribution < 1.29 is 9.59 Å². The van der Waals surface area contributed by atoms with Crippen molar-refractivity contribution in [1.29, 1.82) is 0 Å². The van der Waals surface area contributed by atoms with Gasteiger partial charge < -0.3 is 20.9 Å². The van der Waals surface area contributed by atoms with Crippen molar-refractivity contribution in [3.8, 4) is 0 Å². The maximum absolute atomic E-state index is 12.6. The standard InChI is InChI=1S/C24H29BrN6O2/c1-5-16-10-6-7-11-17(16)15(2)27-23-21(25)22(29-30-23)24(33)26-14-20(32)28-18-12-8-9-13-19(18)31(3)4/h7-9,11-13H,2,5-6,10,14H2,1,3-4H3,(H,26,33)(H,28,32)(H2,27,29,30). The average Bonchev–Trinajstić information content (AvgIpc) is 3.17. The quantitative estimate of drug-likeness (QED) is 0.393. The molecule has 8 nitrogen and oxygen atoms in total. The summed E-state index contributed by atoms with van der Waals surface area (Å²) in [5.41, 5.74) is 4.89. The number of hydrogen-bond donors (Lipinski definition) is 4. The fourth-order valence-electron chi connectivity index (χ4n) is 3.58. The third-order valence-electron chi connectivity index (χ3n) is 5.30. The van der Waals surface area contributed by atoms with Gasteiger partial charge in [0.05, 0.1) is 22.4 Å². The molecule has 0 radical (unpaired) electrons. The fraction of sp³-hybridized carbons (Fsp3) is 0.292. The average molecular weight is 513 g/mol. The molecule has 3 rings (SSSR count). The predicted molar refractivity (Wildman–Crippen MR) is 136 cm³/mol. The van der Waals surface area contributed by atoms with Crippen LogP contribution in [-0.2, 0) is 4.79 Å². The van der Waals surface area contributed by atoms with E-state index in [9.17, 15) is 9.59 Å². The minimum atomic E-state index is -0.449. The number of allylic oxidation sites excluding steroid dienone is 3. The van der Waals surface area contributed by atoms with Crippen molar-refractivity contribution in [2.45, 2.75) is 26.2 Å². The van der Waals surface area contributed by atoms with E-state index in [0.29, 0.717) is 16.0 Å². The SMILES string of the molecule is C=C(Nc1n[nH]c(C(=O)NCC(=O)Nc2ccccc2N(C)C)c1Br)C1=C(CC)CCC=C1. The second-order valence-corrected chi connectivity index (χ2v) is 8.61. The molecule has 1 aliphatic carbocycles. The van der Waals surface area contributed by atoms with Gasteiger partial charge in [-0.15, -0.1) is 0 Å². The van der Waals surface area contributed by atoms with Crippen molar-refractivity contribution in [2.75, 3.05) is 36.2 Å². The number of carbonyl (C=O) groups is 2. The Labute approximate surface area is 202 Å². The zero-order valence-corrected chi connectivity index (χ0v) is 20.7. The highest BCUT2D eigenvalue weighted by molar-refractivity contribution is 9.10. The van der Waals surface area contributed by atoms with Gasteiger partial charge in [0.1, 0.15) is 5.69 Å². The number of rotatable bonds is 9. The highest BCUT2D eigenvalue weighted by atomic mass is 79.9. The van der Waals surface area contributed by atoms with Crippen molar-refractivity contribution in [2.24, 2.45) is 0 Å². The topological polar surface area (TPSA) is 102 Å². The van der Waals surface area contributed by atoms with Gasteiger partial charge in [-0.1, -0.05) is 43.4 Å². The summed E-state index contributed by atoms with van der Waals surface area (Å²) in [6, 6.07) is 7.45. The number of aromatic amines is 1. The lowest BCUT2D eigenvalue weighted by atomic mass is 9.94. The van der Waals surface area contributed by atoms with Gasteiger partial charge in [0, 0.05) is 19.8 Å². The van der Waals surface area contributed by atoms with Crippen LogP contribution in [-0.4, -0.2) is 42.7 Å². The second-order valence-electron chi connectivity index (χ2n) is 7.82. The van der Waals surface area contributed by atoms with Gasteiger partial charge in [-0.2, -0.15) is 5.10 Å². The Bertz CT molecular complexity index is 1120. The van der Waals surface area contributed by atoms with E-state index < -0.39 is 5.91 Å². The number of para-hydroxylation sites is 2. The normalized spacial score (nSPS) is 13.0. The second kappa shape index (κ2) is 11.0. The molecule has 4 N–H and O–H groups in total. The van der Waals surface area contributed by atoms with Gasteiger partial charge in [-0.05, 0) is 52.9 Å². The van der Waals surface area contributed by atoms with Gasteiger partial charge in [-0.25, -0.2) is 0 Å². The third-order valence-corrected chi connectivity index (χ3v) is 6.07. The fourth-order valence-corrected chi connectivity index (χ4v) is 4.03. The zero-order valence-electron chi connectivity index (χ0n) is 19.1. The largest absolute Gasteiger partial charge is 0.376 e. The molecule has 0 bridgehead atoms. The Morgan fingerprint density at radius 3 is 2.73 bits per heavy atom. The summed E-state index contributed by atoms with van der Waals surface area (Å²) in [7, 11) is 3.79. The van der Waals surface area contributed by atoms with Crippen molar-refractivity contribution in [1.82, 2.24) is 15.5 Å². The number of amides is 2. The predicted octanol–water partition coefficient (Wildman–Crippen LogP) is 4.59. The molecule has 1 aromatic heterocycles. The number of anilines is 3. The van der Waals surface area contributed by atoms with Gasteiger partial charge >= 0.3 is 0 Å². The summed E-state index contributed by atoms with van der Waals surface area (Å²) >= 11 is 3.42. The van der Waals surface area contributed by atoms with Crippen LogP contribution in [0.3, 0.4) is 0 Å². The Morgan fingerprint density at radius 1 is 1.24 bits per heavy atom. The van der Waals surface area contributed by atoms with Crippen LogP contribution < -0.4 is 20.9 Å². The monoisotopic (exact) mass is 512 g/mol. The molecule has 33 heavy (non-hydrogen) atoms. The lowest BCUT2D eigenvalue weighted by Gasteiger charge is -2.17. The first kappa shape index (κ1) is 24.3. The lowest BCUT2D eigenvalue weighted by molar-refractivity contribution is -0.115.